The smallest absolute Gasteiger partial charge is 0.128 e. The van der Waals surface area contributed by atoms with Crippen LogP contribution in [0.4, 0.5) is 8.78 Å². The summed E-state index contributed by atoms with van der Waals surface area (Å²) >= 11 is 1.69. The van der Waals surface area contributed by atoms with E-state index in [9.17, 15) is 8.78 Å². The molecule has 2 atom stereocenters. The van der Waals surface area contributed by atoms with Crippen molar-refractivity contribution in [1.82, 2.24) is 5.32 Å². The highest BCUT2D eigenvalue weighted by molar-refractivity contribution is 7.98. The van der Waals surface area contributed by atoms with Gasteiger partial charge in [-0.3, -0.25) is 0 Å². The maximum Gasteiger partial charge on any atom is 0.128 e. The average molecular weight is 307 g/mol. The van der Waals surface area contributed by atoms with Gasteiger partial charge in [0.25, 0.3) is 0 Å². The van der Waals surface area contributed by atoms with E-state index in [1.165, 1.54) is 17.0 Å². The lowest BCUT2D eigenvalue weighted by molar-refractivity contribution is 0.469. The van der Waals surface area contributed by atoms with Crippen molar-refractivity contribution in [3.05, 3.63) is 65.2 Å². The first-order valence-corrected chi connectivity index (χ1v) is 8.08. The molecule has 112 valence electrons. The number of benzene rings is 2. The summed E-state index contributed by atoms with van der Waals surface area (Å²) in [5.41, 5.74) is 1.47. The first kappa shape index (κ1) is 16.0. The Morgan fingerprint density at radius 1 is 0.952 bits per heavy atom. The Morgan fingerprint density at radius 3 is 2.24 bits per heavy atom. The molecule has 0 fully saturated rings. The van der Waals surface area contributed by atoms with Gasteiger partial charge in [-0.05, 0) is 56.0 Å². The molecule has 0 saturated carbocycles. The maximum atomic E-state index is 13.8. The van der Waals surface area contributed by atoms with Crippen LogP contribution in [-0.2, 0) is 0 Å². The minimum absolute atomic E-state index is 0.0542. The van der Waals surface area contributed by atoms with E-state index in [0.29, 0.717) is 5.56 Å². The molecule has 0 spiro atoms. The quantitative estimate of drug-likeness (QED) is 0.771. The third-order valence-corrected chi connectivity index (χ3v) is 4.28. The first-order valence-electron chi connectivity index (χ1n) is 6.86. The summed E-state index contributed by atoms with van der Waals surface area (Å²) < 4.78 is 27.0. The Kier molecular flexibility index (Phi) is 5.37. The van der Waals surface area contributed by atoms with Gasteiger partial charge in [-0.1, -0.05) is 12.1 Å². The van der Waals surface area contributed by atoms with Crippen LogP contribution in [0.15, 0.2) is 47.4 Å². The van der Waals surface area contributed by atoms with E-state index >= 15 is 0 Å². The lowest BCUT2D eigenvalue weighted by Gasteiger charge is -2.21. The molecule has 0 aromatic heterocycles. The number of rotatable bonds is 5. The van der Waals surface area contributed by atoms with Gasteiger partial charge in [0.15, 0.2) is 0 Å². The van der Waals surface area contributed by atoms with Crippen LogP contribution in [0.5, 0.6) is 0 Å². The standard InChI is InChI=1S/C17H19F2NS/c1-11(13-4-7-15(21-3)8-5-13)20-12(2)16-10-14(18)6-9-17(16)19/h4-12,20H,1-3H3. The van der Waals surface area contributed by atoms with Gasteiger partial charge in [0.05, 0.1) is 0 Å². The second-order valence-corrected chi connectivity index (χ2v) is 5.93. The zero-order valence-corrected chi connectivity index (χ0v) is 13.2. The third kappa shape index (κ3) is 4.05. The van der Waals surface area contributed by atoms with Gasteiger partial charge < -0.3 is 5.32 Å². The summed E-state index contributed by atoms with van der Waals surface area (Å²) in [6.45, 7) is 3.85. The summed E-state index contributed by atoms with van der Waals surface area (Å²) in [5.74, 6) is -0.807. The number of hydrogen-bond donors (Lipinski definition) is 1. The Balaban J connectivity index is 2.10. The van der Waals surface area contributed by atoms with Crippen molar-refractivity contribution in [2.75, 3.05) is 6.26 Å². The van der Waals surface area contributed by atoms with Crippen molar-refractivity contribution in [2.45, 2.75) is 30.8 Å². The van der Waals surface area contributed by atoms with Gasteiger partial charge >= 0.3 is 0 Å². The van der Waals surface area contributed by atoms with E-state index in [-0.39, 0.29) is 17.9 Å². The van der Waals surface area contributed by atoms with Gasteiger partial charge in [0, 0.05) is 22.5 Å². The number of thioether (sulfide) groups is 1. The molecule has 0 saturated heterocycles. The van der Waals surface area contributed by atoms with Crippen LogP contribution in [-0.4, -0.2) is 6.26 Å². The summed E-state index contributed by atoms with van der Waals surface area (Å²) in [4.78, 5) is 1.20. The van der Waals surface area contributed by atoms with Crippen molar-refractivity contribution in [3.8, 4) is 0 Å². The number of nitrogens with one attached hydrogen (secondary N) is 1. The molecule has 0 aliphatic heterocycles. The van der Waals surface area contributed by atoms with E-state index in [4.69, 9.17) is 0 Å². The molecule has 2 aromatic rings. The Labute approximate surface area is 128 Å². The number of halogens is 2. The molecule has 1 nitrogen and oxygen atoms in total. The average Bonchev–Trinajstić information content (AvgIpc) is 2.49. The van der Waals surface area contributed by atoms with Gasteiger partial charge in [0.2, 0.25) is 0 Å². The van der Waals surface area contributed by atoms with Gasteiger partial charge in [-0.2, -0.15) is 0 Å². The van der Waals surface area contributed by atoms with Crippen molar-refractivity contribution in [3.63, 3.8) is 0 Å². The highest BCUT2D eigenvalue weighted by atomic mass is 32.2. The fourth-order valence-electron chi connectivity index (χ4n) is 2.30. The first-order chi connectivity index (χ1) is 10.0. The van der Waals surface area contributed by atoms with Crippen LogP contribution in [0.2, 0.25) is 0 Å². The topological polar surface area (TPSA) is 12.0 Å². The zero-order chi connectivity index (χ0) is 15.4. The number of hydrogen-bond acceptors (Lipinski definition) is 2. The molecule has 1 N–H and O–H groups in total. The second-order valence-electron chi connectivity index (χ2n) is 5.05. The molecule has 0 aliphatic carbocycles. The van der Waals surface area contributed by atoms with Crippen LogP contribution >= 0.6 is 11.8 Å². The molecule has 2 rings (SSSR count). The predicted octanol–water partition coefficient (Wildman–Crippen LogP) is 5.10. The normalized spacial score (nSPS) is 14.0. The van der Waals surface area contributed by atoms with Gasteiger partial charge in [-0.25, -0.2) is 8.78 Å². The predicted molar refractivity (Wildman–Crippen MR) is 84.5 cm³/mol. The van der Waals surface area contributed by atoms with Crippen molar-refractivity contribution in [2.24, 2.45) is 0 Å². The van der Waals surface area contributed by atoms with Crippen LogP contribution in [0.1, 0.15) is 37.1 Å². The molecular formula is C17H19F2NS. The Morgan fingerprint density at radius 2 is 1.62 bits per heavy atom. The highest BCUT2D eigenvalue weighted by Gasteiger charge is 2.15. The minimum atomic E-state index is -0.419. The van der Waals surface area contributed by atoms with Gasteiger partial charge in [-0.15, -0.1) is 11.8 Å². The van der Waals surface area contributed by atoms with E-state index in [1.54, 1.807) is 11.8 Å². The molecule has 0 heterocycles. The van der Waals surface area contributed by atoms with Crippen LogP contribution < -0.4 is 5.32 Å². The molecule has 0 radical (unpaired) electrons. The van der Waals surface area contributed by atoms with Crippen molar-refractivity contribution >= 4 is 11.8 Å². The molecule has 2 unspecified atom stereocenters. The van der Waals surface area contributed by atoms with Crippen molar-refractivity contribution in [1.29, 1.82) is 0 Å². The summed E-state index contributed by atoms with van der Waals surface area (Å²) in [5, 5.41) is 3.30. The maximum absolute atomic E-state index is 13.8. The fraction of sp³-hybridized carbons (Fsp3) is 0.294. The van der Waals surface area contributed by atoms with E-state index in [1.807, 2.05) is 20.1 Å². The fourth-order valence-corrected chi connectivity index (χ4v) is 2.71. The van der Waals surface area contributed by atoms with E-state index in [2.05, 4.69) is 29.6 Å². The minimum Gasteiger partial charge on any atom is -0.304 e. The highest BCUT2D eigenvalue weighted by Crippen LogP contribution is 2.23. The molecule has 0 amide bonds. The summed E-state index contributed by atoms with van der Waals surface area (Å²) in [6, 6.07) is 11.6. The summed E-state index contributed by atoms with van der Waals surface area (Å²) in [6.07, 6.45) is 2.03. The zero-order valence-electron chi connectivity index (χ0n) is 12.4. The molecule has 0 aliphatic rings. The molecule has 4 heteroatoms. The lowest BCUT2D eigenvalue weighted by Crippen LogP contribution is -2.23. The van der Waals surface area contributed by atoms with Crippen LogP contribution in [0.25, 0.3) is 0 Å². The Hall–Kier alpha value is -1.39. The lowest BCUT2D eigenvalue weighted by atomic mass is 10.0. The van der Waals surface area contributed by atoms with E-state index < -0.39 is 5.82 Å². The van der Waals surface area contributed by atoms with Crippen molar-refractivity contribution < 1.29 is 8.78 Å². The largest absolute Gasteiger partial charge is 0.304 e. The monoisotopic (exact) mass is 307 g/mol. The molecule has 2 aromatic carbocycles. The molecule has 0 bridgehead atoms. The molecule has 21 heavy (non-hydrogen) atoms. The van der Waals surface area contributed by atoms with Crippen LogP contribution in [0, 0.1) is 11.6 Å². The SMILES string of the molecule is CSc1ccc(C(C)NC(C)c2cc(F)ccc2F)cc1. The summed E-state index contributed by atoms with van der Waals surface area (Å²) in [7, 11) is 0. The Bertz CT molecular complexity index is 598. The molecular weight excluding hydrogens is 288 g/mol. The third-order valence-electron chi connectivity index (χ3n) is 3.54. The van der Waals surface area contributed by atoms with E-state index in [0.717, 1.165) is 11.6 Å². The second kappa shape index (κ2) is 7.05. The van der Waals surface area contributed by atoms with Crippen LogP contribution in [0.3, 0.4) is 0 Å². The van der Waals surface area contributed by atoms with Gasteiger partial charge in [0.1, 0.15) is 11.6 Å².